The van der Waals surface area contributed by atoms with Crippen LogP contribution in [0.2, 0.25) is 0 Å². The maximum absolute atomic E-state index is 2.47. The minimum absolute atomic E-state index is 0.614. The average Bonchev–Trinajstić information content (AvgIpc) is 3.85. The van der Waals surface area contributed by atoms with Crippen LogP contribution in [-0.4, -0.2) is 4.57 Å². The highest BCUT2D eigenvalue weighted by molar-refractivity contribution is 6.09. The van der Waals surface area contributed by atoms with Gasteiger partial charge < -0.3 is 9.47 Å². The second kappa shape index (κ2) is 15.6. The van der Waals surface area contributed by atoms with Crippen molar-refractivity contribution in [3.63, 3.8) is 0 Å². The molecule has 0 saturated carbocycles. The van der Waals surface area contributed by atoms with Crippen LogP contribution in [0.1, 0.15) is 33.4 Å². The van der Waals surface area contributed by atoms with Crippen LogP contribution in [0, 0.1) is 13.8 Å². The quantitative estimate of drug-likeness (QED) is 0.148. The third-order valence-corrected chi connectivity index (χ3v) is 13.5. The molecule has 0 atom stereocenters. The molecule has 0 amide bonds. The number of hydrogen-bond donors (Lipinski definition) is 0. The van der Waals surface area contributed by atoms with Gasteiger partial charge in [0.15, 0.2) is 0 Å². The van der Waals surface area contributed by atoms with Gasteiger partial charge in [-0.2, -0.15) is 0 Å². The van der Waals surface area contributed by atoms with E-state index in [-0.39, 0.29) is 0 Å². The van der Waals surface area contributed by atoms with Gasteiger partial charge in [0, 0.05) is 33.5 Å². The number of benzene rings is 10. The molecule has 10 aromatic carbocycles. The fourth-order valence-corrected chi connectivity index (χ4v) is 10.8. The van der Waals surface area contributed by atoms with Crippen molar-refractivity contribution in [3.8, 4) is 39.1 Å². The van der Waals surface area contributed by atoms with Gasteiger partial charge in [-0.05, 0) is 136 Å². The van der Waals surface area contributed by atoms with Gasteiger partial charge in [0.05, 0.1) is 16.4 Å². The van der Waals surface area contributed by atoms with Gasteiger partial charge in [0.1, 0.15) is 0 Å². The lowest BCUT2D eigenvalue weighted by atomic mass is 9.67. The van der Waals surface area contributed by atoms with Crippen molar-refractivity contribution < 1.29 is 0 Å². The van der Waals surface area contributed by atoms with Crippen molar-refractivity contribution in [1.82, 2.24) is 4.57 Å². The molecule has 308 valence electrons. The van der Waals surface area contributed by atoms with Gasteiger partial charge in [-0.25, -0.2) is 0 Å². The van der Waals surface area contributed by atoms with E-state index in [9.17, 15) is 0 Å². The van der Waals surface area contributed by atoms with E-state index in [1.165, 1.54) is 88.6 Å². The first-order valence-electron chi connectivity index (χ1n) is 22.6. The predicted molar refractivity (Wildman–Crippen MR) is 273 cm³/mol. The molecule has 0 fully saturated rings. The molecule has 0 radical (unpaired) electrons. The van der Waals surface area contributed by atoms with Crippen LogP contribution in [0.3, 0.4) is 0 Å². The SMILES string of the molecule is Cc1cc(C)cc(-c2cccc(-c3cccc(N(c4ccccc4)c4ccc5c(c4)C(c4ccccc4)(c4ccccc4)c4cc(-n6c7ccccc7c7ccccc76)ccc4-5)c3)c2)c1. The van der Waals surface area contributed by atoms with Crippen LogP contribution >= 0.6 is 0 Å². The molecule has 2 heteroatoms. The van der Waals surface area contributed by atoms with E-state index >= 15 is 0 Å². The first-order valence-corrected chi connectivity index (χ1v) is 22.6. The Labute approximate surface area is 381 Å². The summed E-state index contributed by atoms with van der Waals surface area (Å²) in [5, 5.41) is 2.51. The highest BCUT2D eigenvalue weighted by Gasteiger charge is 2.46. The van der Waals surface area contributed by atoms with Crippen LogP contribution in [0.25, 0.3) is 60.9 Å². The largest absolute Gasteiger partial charge is 0.310 e. The summed E-state index contributed by atoms with van der Waals surface area (Å²) in [6.45, 7) is 4.35. The van der Waals surface area contributed by atoms with Crippen LogP contribution < -0.4 is 4.90 Å². The van der Waals surface area contributed by atoms with E-state index in [4.69, 9.17) is 0 Å². The third kappa shape index (κ3) is 6.32. The second-order valence-corrected chi connectivity index (χ2v) is 17.5. The van der Waals surface area contributed by atoms with Gasteiger partial charge in [0.25, 0.3) is 0 Å². The number of anilines is 3. The summed E-state index contributed by atoms with van der Waals surface area (Å²) in [5.74, 6) is 0. The zero-order chi connectivity index (χ0) is 43.5. The van der Waals surface area contributed by atoms with Gasteiger partial charge in [0.2, 0.25) is 0 Å². The Balaban J connectivity index is 1.07. The summed E-state index contributed by atoms with van der Waals surface area (Å²) in [5.41, 5.74) is 21.1. The van der Waals surface area contributed by atoms with E-state index in [1.807, 2.05) is 0 Å². The molecule has 65 heavy (non-hydrogen) atoms. The lowest BCUT2D eigenvalue weighted by molar-refractivity contribution is 0.767. The number of aromatic nitrogens is 1. The Morgan fingerprint density at radius 3 is 1.45 bits per heavy atom. The molecule has 0 saturated heterocycles. The molecule has 0 unspecified atom stereocenters. The summed E-state index contributed by atoms with van der Waals surface area (Å²) >= 11 is 0. The Hall–Kier alpha value is -8.20. The van der Waals surface area contributed by atoms with E-state index in [1.54, 1.807) is 0 Å². The van der Waals surface area contributed by atoms with Crippen LogP contribution in [0.5, 0.6) is 0 Å². The fraction of sp³-hybridized carbons (Fsp3) is 0.0476. The summed E-state index contributed by atoms with van der Waals surface area (Å²) in [6.07, 6.45) is 0. The number of rotatable bonds is 8. The lowest BCUT2D eigenvalue weighted by Gasteiger charge is -2.35. The molecule has 1 aromatic heterocycles. The summed E-state index contributed by atoms with van der Waals surface area (Å²) in [6, 6.07) is 89.7. The predicted octanol–water partition coefficient (Wildman–Crippen LogP) is 16.6. The van der Waals surface area contributed by atoms with Crippen molar-refractivity contribution in [1.29, 1.82) is 0 Å². The van der Waals surface area contributed by atoms with E-state index in [0.717, 1.165) is 22.7 Å². The molecular weight excluding hydrogens is 785 g/mol. The number of aryl methyl sites for hydroxylation is 2. The van der Waals surface area contributed by atoms with Crippen molar-refractivity contribution in [2.45, 2.75) is 19.3 Å². The minimum atomic E-state index is -0.614. The topological polar surface area (TPSA) is 8.17 Å². The van der Waals surface area contributed by atoms with Crippen LogP contribution in [0.15, 0.2) is 243 Å². The smallest absolute Gasteiger partial charge is 0.0715 e. The Morgan fingerprint density at radius 1 is 0.338 bits per heavy atom. The van der Waals surface area contributed by atoms with Gasteiger partial charge in [-0.15, -0.1) is 0 Å². The molecule has 2 nitrogen and oxygen atoms in total. The van der Waals surface area contributed by atoms with E-state index in [0.29, 0.717) is 0 Å². The molecular formula is C63H46N2. The second-order valence-electron chi connectivity index (χ2n) is 17.5. The van der Waals surface area contributed by atoms with Crippen LogP contribution in [0.4, 0.5) is 17.1 Å². The highest BCUT2D eigenvalue weighted by Crippen LogP contribution is 2.58. The normalized spacial score (nSPS) is 12.6. The summed E-state index contributed by atoms with van der Waals surface area (Å²) in [4.78, 5) is 2.42. The maximum Gasteiger partial charge on any atom is 0.0715 e. The number of nitrogens with zero attached hydrogens (tertiary/aromatic N) is 2. The highest BCUT2D eigenvalue weighted by atomic mass is 15.1. The third-order valence-electron chi connectivity index (χ3n) is 13.5. The molecule has 12 rings (SSSR count). The lowest BCUT2D eigenvalue weighted by Crippen LogP contribution is -2.29. The Morgan fingerprint density at radius 2 is 0.815 bits per heavy atom. The summed E-state index contributed by atoms with van der Waals surface area (Å²) in [7, 11) is 0. The van der Waals surface area contributed by atoms with Gasteiger partial charge >= 0.3 is 0 Å². The maximum atomic E-state index is 2.47. The van der Waals surface area contributed by atoms with E-state index in [2.05, 4.69) is 266 Å². The molecule has 0 bridgehead atoms. The molecule has 0 N–H and O–H groups in total. The first kappa shape index (κ1) is 38.5. The monoisotopic (exact) mass is 830 g/mol. The fourth-order valence-electron chi connectivity index (χ4n) is 10.8. The average molecular weight is 831 g/mol. The van der Waals surface area contributed by atoms with Crippen molar-refractivity contribution in [2.24, 2.45) is 0 Å². The molecule has 11 aromatic rings. The Kier molecular flexibility index (Phi) is 9.21. The standard InChI is InChI=1S/C63H46N2/c1-43-36-44(2)38-48(37-43)46-19-16-18-45(39-46)47-20-17-27-52(40-47)64(51-25-10-5-11-26-51)53-32-34-55-56-35-33-54(65-61-30-14-12-28-57(61)58-29-13-15-31-62(58)65)42-60(56)63(59(55)41-53,49-21-6-3-7-22-49)50-23-8-4-9-24-50/h3-42H,1-2H3. The van der Waals surface area contributed by atoms with Crippen molar-refractivity contribution in [3.05, 3.63) is 276 Å². The number of fused-ring (bicyclic) bond motifs is 6. The van der Waals surface area contributed by atoms with Gasteiger partial charge in [-0.1, -0.05) is 187 Å². The summed E-state index contributed by atoms with van der Waals surface area (Å²) < 4.78 is 2.45. The van der Waals surface area contributed by atoms with Gasteiger partial charge in [-0.3, -0.25) is 0 Å². The molecule has 1 aliphatic rings. The van der Waals surface area contributed by atoms with Crippen LogP contribution in [-0.2, 0) is 5.41 Å². The first-order chi connectivity index (χ1) is 32.0. The van der Waals surface area contributed by atoms with E-state index < -0.39 is 5.41 Å². The number of para-hydroxylation sites is 3. The van der Waals surface area contributed by atoms with Crippen molar-refractivity contribution >= 4 is 38.9 Å². The minimum Gasteiger partial charge on any atom is -0.310 e. The zero-order valence-corrected chi connectivity index (χ0v) is 36.5. The molecule has 1 heterocycles. The molecule has 0 spiro atoms. The zero-order valence-electron chi connectivity index (χ0n) is 36.5. The molecule has 0 aliphatic heterocycles. The van der Waals surface area contributed by atoms with Crippen molar-refractivity contribution in [2.75, 3.05) is 4.90 Å². The Bertz CT molecular complexity index is 3450. The molecule has 1 aliphatic carbocycles. The number of hydrogen-bond acceptors (Lipinski definition) is 1.